The topological polar surface area (TPSA) is 79.4 Å². The Labute approximate surface area is 137 Å². The molecule has 2 N–H and O–H groups in total. The number of ether oxygens (including phenoxy) is 1. The maximum absolute atomic E-state index is 12.4. The van der Waals surface area contributed by atoms with Gasteiger partial charge in [0.15, 0.2) is 5.78 Å². The fraction of sp³-hybridized carbons (Fsp3) is 0.0526. The van der Waals surface area contributed by atoms with Crippen molar-refractivity contribution in [3.8, 4) is 11.5 Å². The average molecular weight is 321 g/mol. The zero-order valence-electron chi connectivity index (χ0n) is 12.9. The van der Waals surface area contributed by atoms with Gasteiger partial charge in [-0.15, -0.1) is 0 Å². The van der Waals surface area contributed by atoms with Gasteiger partial charge >= 0.3 is 0 Å². The van der Waals surface area contributed by atoms with E-state index < -0.39 is 11.3 Å². The van der Waals surface area contributed by atoms with E-state index in [4.69, 9.17) is 4.74 Å². The van der Waals surface area contributed by atoms with Crippen molar-refractivity contribution in [3.63, 3.8) is 0 Å². The molecule has 24 heavy (non-hydrogen) atoms. The second-order valence-electron chi connectivity index (χ2n) is 5.20. The molecule has 5 nitrogen and oxygen atoms in total. The molecule has 2 aromatic carbocycles. The van der Waals surface area contributed by atoms with E-state index in [0.29, 0.717) is 16.7 Å². The van der Waals surface area contributed by atoms with E-state index in [1.807, 2.05) is 0 Å². The van der Waals surface area contributed by atoms with Crippen LogP contribution in [-0.2, 0) is 0 Å². The van der Waals surface area contributed by atoms with Gasteiger partial charge in [0, 0.05) is 5.39 Å². The van der Waals surface area contributed by atoms with Crippen LogP contribution in [0.5, 0.6) is 11.5 Å². The molecule has 0 aliphatic rings. The number of para-hydroxylation sites is 1. The lowest BCUT2D eigenvalue weighted by Gasteiger charge is -2.05. The third-order valence-electron chi connectivity index (χ3n) is 3.66. The molecule has 1 heterocycles. The predicted octanol–water partition coefficient (Wildman–Crippen LogP) is 3.14. The highest BCUT2D eigenvalue weighted by atomic mass is 16.5. The standard InChI is InChI=1S/C19H15NO4/c1-24-13-6-4-5-12(11-13)9-10-16(21)17-18(22)14-7-2-3-8-15(14)20-19(17)23/h2-11H,1H3,(H2,20,22,23)/b10-9+. The first-order chi connectivity index (χ1) is 11.6. The number of pyridine rings is 1. The summed E-state index contributed by atoms with van der Waals surface area (Å²) >= 11 is 0. The van der Waals surface area contributed by atoms with Gasteiger partial charge in [0.05, 0.1) is 12.6 Å². The Bertz CT molecular complexity index is 1000. The van der Waals surface area contributed by atoms with Crippen LogP contribution in [0.1, 0.15) is 15.9 Å². The maximum Gasteiger partial charge on any atom is 0.263 e. The molecule has 0 spiro atoms. The van der Waals surface area contributed by atoms with E-state index >= 15 is 0 Å². The van der Waals surface area contributed by atoms with Crippen molar-refractivity contribution in [3.05, 3.63) is 76.1 Å². The van der Waals surface area contributed by atoms with E-state index in [9.17, 15) is 14.7 Å². The number of carbonyl (C=O) groups is 1. The Morgan fingerprint density at radius 3 is 2.75 bits per heavy atom. The van der Waals surface area contributed by atoms with Crippen LogP contribution in [0.2, 0.25) is 0 Å². The first kappa shape index (κ1) is 15.6. The summed E-state index contributed by atoms with van der Waals surface area (Å²) in [5, 5.41) is 10.7. The number of hydrogen-bond acceptors (Lipinski definition) is 4. The van der Waals surface area contributed by atoms with Crippen LogP contribution in [0.3, 0.4) is 0 Å². The van der Waals surface area contributed by atoms with Gasteiger partial charge < -0.3 is 14.8 Å². The van der Waals surface area contributed by atoms with Crippen molar-refractivity contribution in [2.75, 3.05) is 7.11 Å². The van der Waals surface area contributed by atoms with Crippen LogP contribution < -0.4 is 10.3 Å². The predicted molar refractivity (Wildman–Crippen MR) is 92.6 cm³/mol. The number of benzene rings is 2. The van der Waals surface area contributed by atoms with Gasteiger partial charge in [0.25, 0.3) is 5.56 Å². The molecule has 3 aromatic rings. The lowest BCUT2D eigenvalue weighted by molar-refractivity contribution is 0.104. The van der Waals surface area contributed by atoms with Crippen molar-refractivity contribution >= 4 is 22.8 Å². The van der Waals surface area contributed by atoms with E-state index in [2.05, 4.69) is 4.98 Å². The van der Waals surface area contributed by atoms with Crippen LogP contribution >= 0.6 is 0 Å². The monoisotopic (exact) mass is 321 g/mol. The summed E-state index contributed by atoms with van der Waals surface area (Å²) in [6, 6.07) is 13.9. The minimum Gasteiger partial charge on any atom is -0.506 e. The first-order valence-electron chi connectivity index (χ1n) is 7.30. The molecular formula is C19H15NO4. The van der Waals surface area contributed by atoms with Gasteiger partial charge in [-0.3, -0.25) is 9.59 Å². The SMILES string of the molecule is COc1cccc(/C=C/C(=O)c2c(O)c3ccccc3[nH]c2=O)c1. The Morgan fingerprint density at radius 2 is 1.96 bits per heavy atom. The lowest BCUT2D eigenvalue weighted by Crippen LogP contribution is -2.16. The fourth-order valence-corrected chi connectivity index (χ4v) is 2.45. The number of H-pyrrole nitrogens is 1. The minimum atomic E-state index is -0.619. The number of aromatic amines is 1. The molecule has 0 saturated heterocycles. The third kappa shape index (κ3) is 2.92. The Kier molecular flexibility index (Phi) is 4.16. The molecule has 5 heteroatoms. The summed E-state index contributed by atoms with van der Waals surface area (Å²) in [6.07, 6.45) is 2.83. The molecule has 0 atom stereocenters. The van der Waals surface area contributed by atoms with Crippen molar-refractivity contribution in [1.82, 2.24) is 4.98 Å². The van der Waals surface area contributed by atoms with Gasteiger partial charge in [0.2, 0.25) is 0 Å². The Balaban J connectivity index is 1.99. The van der Waals surface area contributed by atoms with Crippen LogP contribution in [0.4, 0.5) is 0 Å². The molecule has 0 radical (unpaired) electrons. The number of fused-ring (bicyclic) bond motifs is 1. The quantitative estimate of drug-likeness (QED) is 0.571. The number of methoxy groups -OCH3 is 1. The molecular weight excluding hydrogens is 306 g/mol. The second-order valence-corrected chi connectivity index (χ2v) is 5.20. The minimum absolute atomic E-state index is 0.271. The largest absolute Gasteiger partial charge is 0.506 e. The molecule has 1 aromatic heterocycles. The highest BCUT2D eigenvalue weighted by Crippen LogP contribution is 2.25. The summed E-state index contributed by atoms with van der Waals surface area (Å²) in [7, 11) is 1.56. The number of aromatic nitrogens is 1. The molecule has 0 unspecified atom stereocenters. The van der Waals surface area contributed by atoms with Crippen LogP contribution in [-0.4, -0.2) is 23.0 Å². The molecule has 0 aliphatic heterocycles. The maximum atomic E-state index is 12.4. The van der Waals surface area contributed by atoms with Gasteiger partial charge in [-0.25, -0.2) is 0 Å². The van der Waals surface area contributed by atoms with E-state index in [1.165, 1.54) is 6.08 Å². The van der Waals surface area contributed by atoms with Gasteiger partial charge in [-0.2, -0.15) is 0 Å². The number of carbonyl (C=O) groups excluding carboxylic acids is 1. The number of rotatable bonds is 4. The molecule has 0 saturated carbocycles. The Morgan fingerprint density at radius 1 is 1.17 bits per heavy atom. The fourth-order valence-electron chi connectivity index (χ4n) is 2.45. The number of nitrogens with one attached hydrogen (secondary N) is 1. The van der Waals surface area contributed by atoms with E-state index in [-0.39, 0.29) is 11.3 Å². The van der Waals surface area contributed by atoms with Crippen molar-refractivity contribution in [2.45, 2.75) is 0 Å². The zero-order valence-corrected chi connectivity index (χ0v) is 12.9. The number of hydrogen-bond donors (Lipinski definition) is 2. The van der Waals surface area contributed by atoms with Crippen LogP contribution in [0, 0.1) is 0 Å². The van der Waals surface area contributed by atoms with Gasteiger partial charge in [0.1, 0.15) is 17.1 Å². The normalized spacial score (nSPS) is 11.0. The summed E-state index contributed by atoms with van der Waals surface area (Å²) in [4.78, 5) is 27.1. The lowest BCUT2D eigenvalue weighted by atomic mass is 10.1. The smallest absolute Gasteiger partial charge is 0.263 e. The van der Waals surface area contributed by atoms with Crippen molar-refractivity contribution in [2.24, 2.45) is 0 Å². The molecule has 0 aliphatic carbocycles. The van der Waals surface area contributed by atoms with E-state index in [1.54, 1.807) is 61.7 Å². The molecule has 0 amide bonds. The second kappa shape index (κ2) is 6.42. The average Bonchev–Trinajstić information content (AvgIpc) is 2.60. The summed E-state index contributed by atoms with van der Waals surface area (Å²) in [5.41, 5.74) is 0.340. The molecule has 120 valence electrons. The first-order valence-corrected chi connectivity index (χ1v) is 7.30. The molecule has 3 rings (SSSR count). The number of ketones is 1. The van der Waals surface area contributed by atoms with Crippen molar-refractivity contribution in [1.29, 1.82) is 0 Å². The van der Waals surface area contributed by atoms with Crippen LogP contribution in [0.15, 0.2) is 59.4 Å². The van der Waals surface area contributed by atoms with Gasteiger partial charge in [-0.05, 0) is 35.9 Å². The zero-order chi connectivity index (χ0) is 17.1. The highest BCUT2D eigenvalue weighted by Gasteiger charge is 2.16. The molecule has 0 fully saturated rings. The summed E-state index contributed by atoms with van der Waals surface area (Å²) in [5.74, 6) is -0.215. The summed E-state index contributed by atoms with van der Waals surface area (Å²) in [6.45, 7) is 0. The van der Waals surface area contributed by atoms with E-state index in [0.717, 1.165) is 5.56 Å². The highest BCUT2D eigenvalue weighted by molar-refractivity contribution is 6.11. The third-order valence-corrected chi connectivity index (χ3v) is 3.66. The summed E-state index contributed by atoms with van der Waals surface area (Å²) < 4.78 is 5.12. The van der Waals surface area contributed by atoms with Crippen molar-refractivity contribution < 1.29 is 14.6 Å². The number of aromatic hydroxyl groups is 1. The van der Waals surface area contributed by atoms with Gasteiger partial charge in [-0.1, -0.05) is 30.3 Å². The Hall–Kier alpha value is -3.34. The molecule has 0 bridgehead atoms. The number of allylic oxidation sites excluding steroid dienone is 1. The van der Waals surface area contributed by atoms with Crippen LogP contribution in [0.25, 0.3) is 17.0 Å².